The number of rotatable bonds is 3. The number of carbonyl (C=O) groups excluding carboxylic acids is 3. The molecule has 0 bridgehead atoms. The zero-order valence-corrected chi connectivity index (χ0v) is 15.1. The maximum absolute atomic E-state index is 12.3. The molecule has 1 aromatic carbocycles. The van der Waals surface area contributed by atoms with Gasteiger partial charge in [0.15, 0.2) is 0 Å². The summed E-state index contributed by atoms with van der Waals surface area (Å²) in [5.74, 6) is -1.32. The van der Waals surface area contributed by atoms with E-state index in [1.807, 2.05) is 18.2 Å². The molecule has 0 aromatic heterocycles. The first kappa shape index (κ1) is 18.6. The summed E-state index contributed by atoms with van der Waals surface area (Å²) in [6, 6.07) is 10.3. The third-order valence-electron chi connectivity index (χ3n) is 5.41. The molecular formula is C20H27N3O3. The molecule has 0 spiro atoms. The van der Waals surface area contributed by atoms with E-state index in [1.165, 1.54) is 5.56 Å². The molecule has 140 valence electrons. The standard InChI is InChI=1S/C20H27N3O3/c24-18(17-6-10-21-11-7-17)22-19(25)20(26)23-12-8-16(9-13-23)14-15-4-2-1-3-5-15/h1-5,16-17,21H,6-14H2,(H,22,24,25). The number of hydrogen-bond acceptors (Lipinski definition) is 4. The van der Waals surface area contributed by atoms with Gasteiger partial charge >= 0.3 is 11.8 Å². The third-order valence-corrected chi connectivity index (χ3v) is 5.41. The number of amides is 3. The van der Waals surface area contributed by atoms with Gasteiger partial charge in [-0.05, 0) is 56.7 Å². The quantitative estimate of drug-likeness (QED) is 0.795. The van der Waals surface area contributed by atoms with E-state index in [-0.39, 0.29) is 11.8 Å². The molecule has 0 unspecified atom stereocenters. The maximum atomic E-state index is 12.3. The van der Waals surface area contributed by atoms with Gasteiger partial charge in [-0.15, -0.1) is 0 Å². The number of carbonyl (C=O) groups is 3. The number of likely N-dealkylation sites (tertiary alicyclic amines) is 1. The first-order chi connectivity index (χ1) is 12.6. The van der Waals surface area contributed by atoms with Crippen molar-refractivity contribution in [2.45, 2.75) is 32.1 Å². The average Bonchev–Trinajstić information content (AvgIpc) is 2.69. The van der Waals surface area contributed by atoms with Crippen LogP contribution < -0.4 is 10.6 Å². The molecule has 26 heavy (non-hydrogen) atoms. The third kappa shape index (κ3) is 4.91. The van der Waals surface area contributed by atoms with Gasteiger partial charge in [-0.2, -0.15) is 0 Å². The molecule has 0 saturated carbocycles. The number of piperidine rings is 2. The minimum Gasteiger partial charge on any atom is -0.334 e. The lowest BCUT2D eigenvalue weighted by atomic mass is 9.90. The second-order valence-corrected chi connectivity index (χ2v) is 7.27. The van der Waals surface area contributed by atoms with Gasteiger partial charge in [-0.3, -0.25) is 19.7 Å². The first-order valence-corrected chi connectivity index (χ1v) is 9.52. The minimum absolute atomic E-state index is 0.176. The van der Waals surface area contributed by atoms with Crippen molar-refractivity contribution in [1.29, 1.82) is 0 Å². The molecule has 1 aromatic rings. The summed E-state index contributed by atoms with van der Waals surface area (Å²) in [4.78, 5) is 38.2. The predicted molar refractivity (Wildman–Crippen MR) is 98.2 cm³/mol. The van der Waals surface area contributed by atoms with E-state index in [0.717, 1.165) is 32.4 Å². The van der Waals surface area contributed by atoms with Crippen molar-refractivity contribution in [3.05, 3.63) is 35.9 Å². The zero-order chi connectivity index (χ0) is 18.4. The molecule has 2 aliphatic heterocycles. The van der Waals surface area contributed by atoms with Crippen LogP contribution in [0.5, 0.6) is 0 Å². The smallest absolute Gasteiger partial charge is 0.316 e. The second kappa shape index (κ2) is 8.94. The molecule has 3 amide bonds. The van der Waals surface area contributed by atoms with Gasteiger partial charge in [0.2, 0.25) is 5.91 Å². The summed E-state index contributed by atoms with van der Waals surface area (Å²) in [5, 5.41) is 5.48. The van der Waals surface area contributed by atoms with Crippen molar-refractivity contribution in [3.63, 3.8) is 0 Å². The van der Waals surface area contributed by atoms with Crippen LogP contribution in [0.4, 0.5) is 0 Å². The number of nitrogens with zero attached hydrogens (tertiary/aromatic N) is 1. The summed E-state index contributed by atoms with van der Waals surface area (Å²) in [6.45, 7) is 2.70. The highest BCUT2D eigenvalue weighted by Gasteiger charge is 2.30. The average molecular weight is 357 g/mol. The summed E-state index contributed by atoms with van der Waals surface area (Å²) < 4.78 is 0. The van der Waals surface area contributed by atoms with Crippen molar-refractivity contribution in [2.24, 2.45) is 11.8 Å². The van der Waals surface area contributed by atoms with Crippen LogP contribution in [0.1, 0.15) is 31.2 Å². The maximum Gasteiger partial charge on any atom is 0.316 e. The van der Waals surface area contributed by atoms with Crippen LogP contribution in [-0.4, -0.2) is 48.8 Å². The SMILES string of the molecule is O=C(NC(=O)C1CCNCC1)C(=O)N1CCC(Cc2ccccc2)CC1. The van der Waals surface area contributed by atoms with Gasteiger partial charge in [0, 0.05) is 19.0 Å². The van der Waals surface area contributed by atoms with E-state index in [0.29, 0.717) is 31.8 Å². The largest absolute Gasteiger partial charge is 0.334 e. The molecule has 0 atom stereocenters. The topological polar surface area (TPSA) is 78.5 Å². The van der Waals surface area contributed by atoms with E-state index in [9.17, 15) is 14.4 Å². The molecule has 6 nitrogen and oxygen atoms in total. The molecular weight excluding hydrogens is 330 g/mol. The highest BCUT2D eigenvalue weighted by molar-refractivity contribution is 6.37. The summed E-state index contributed by atoms with van der Waals surface area (Å²) in [6.07, 6.45) is 4.19. The van der Waals surface area contributed by atoms with Gasteiger partial charge < -0.3 is 10.2 Å². The van der Waals surface area contributed by atoms with Crippen LogP contribution in [0.3, 0.4) is 0 Å². The zero-order valence-electron chi connectivity index (χ0n) is 15.1. The van der Waals surface area contributed by atoms with Crippen molar-refractivity contribution >= 4 is 17.7 Å². The molecule has 2 saturated heterocycles. The van der Waals surface area contributed by atoms with E-state index < -0.39 is 11.8 Å². The highest BCUT2D eigenvalue weighted by atomic mass is 16.2. The monoisotopic (exact) mass is 357 g/mol. The number of hydrogen-bond donors (Lipinski definition) is 2. The molecule has 2 aliphatic rings. The van der Waals surface area contributed by atoms with Crippen LogP contribution in [-0.2, 0) is 20.8 Å². The fraction of sp³-hybridized carbons (Fsp3) is 0.550. The van der Waals surface area contributed by atoms with Crippen LogP contribution in [0, 0.1) is 11.8 Å². The Bertz CT molecular complexity index is 633. The summed E-state index contributed by atoms with van der Waals surface area (Å²) in [7, 11) is 0. The lowest BCUT2D eigenvalue weighted by Gasteiger charge is -2.31. The van der Waals surface area contributed by atoms with Gasteiger partial charge in [0.1, 0.15) is 0 Å². The van der Waals surface area contributed by atoms with E-state index in [1.54, 1.807) is 4.90 Å². The van der Waals surface area contributed by atoms with Crippen molar-refractivity contribution in [3.8, 4) is 0 Å². The predicted octanol–water partition coefficient (Wildman–Crippen LogP) is 1.11. The van der Waals surface area contributed by atoms with Crippen LogP contribution >= 0.6 is 0 Å². The Labute approximate surface area is 154 Å². The molecule has 3 rings (SSSR count). The van der Waals surface area contributed by atoms with Gasteiger partial charge in [0.25, 0.3) is 0 Å². The Morgan fingerprint density at radius 1 is 1.00 bits per heavy atom. The Morgan fingerprint density at radius 2 is 1.65 bits per heavy atom. The molecule has 2 heterocycles. The van der Waals surface area contributed by atoms with E-state index in [4.69, 9.17) is 0 Å². The van der Waals surface area contributed by atoms with Gasteiger partial charge in [-0.25, -0.2) is 0 Å². The Hall–Kier alpha value is -2.21. The fourth-order valence-electron chi connectivity index (χ4n) is 3.78. The van der Waals surface area contributed by atoms with Crippen molar-refractivity contribution in [2.75, 3.05) is 26.2 Å². The van der Waals surface area contributed by atoms with Crippen LogP contribution in [0.25, 0.3) is 0 Å². The number of imide groups is 1. The lowest BCUT2D eigenvalue weighted by Crippen LogP contribution is -2.49. The second-order valence-electron chi connectivity index (χ2n) is 7.27. The van der Waals surface area contributed by atoms with Gasteiger partial charge in [-0.1, -0.05) is 30.3 Å². The Balaban J connectivity index is 1.44. The van der Waals surface area contributed by atoms with Gasteiger partial charge in [0.05, 0.1) is 0 Å². The molecule has 2 N–H and O–H groups in total. The normalized spacial score (nSPS) is 19.2. The first-order valence-electron chi connectivity index (χ1n) is 9.52. The lowest BCUT2D eigenvalue weighted by molar-refractivity contribution is -0.149. The fourth-order valence-corrected chi connectivity index (χ4v) is 3.78. The Morgan fingerprint density at radius 3 is 2.31 bits per heavy atom. The van der Waals surface area contributed by atoms with Crippen LogP contribution in [0.15, 0.2) is 30.3 Å². The van der Waals surface area contributed by atoms with Crippen molar-refractivity contribution in [1.82, 2.24) is 15.5 Å². The molecule has 2 fully saturated rings. The van der Waals surface area contributed by atoms with Crippen LogP contribution in [0.2, 0.25) is 0 Å². The van der Waals surface area contributed by atoms with E-state index >= 15 is 0 Å². The Kier molecular flexibility index (Phi) is 6.39. The highest BCUT2D eigenvalue weighted by Crippen LogP contribution is 2.21. The molecule has 6 heteroatoms. The number of nitrogens with one attached hydrogen (secondary N) is 2. The number of benzene rings is 1. The molecule has 0 aliphatic carbocycles. The molecule has 0 radical (unpaired) electrons. The van der Waals surface area contributed by atoms with E-state index in [2.05, 4.69) is 22.8 Å². The minimum atomic E-state index is -0.782. The summed E-state index contributed by atoms with van der Waals surface area (Å²) in [5.41, 5.74) is 1.31. The summed E-state index contributed by atoms with van der Waals surface area (Å²) >= 11 is 0. The van der Waals surface area contributed by atoms with Crippen molar-refractivity contribution < 1.29 is 14.4 Å².